The summed E-state index contributed by atoms with van der Waals surface area (Å²) in [5.41, 5.74) is 6.78. The molecule has 0 aliphatic heterocycles. The van der Waals surface area contributed by atoms with Crippen molar-refractivity contribution in [3.8, 4) is 0 Å². The van der Waals surface area contributed by atoms with Crippen LogP contribution in [0.1, 0.15) is 10.6 Å². The summed E-state index contributed by atoms with van der Waals surface area (Å²) in [5, 5.41) is 13.1. The molecule has 33 heavy (non-hydrogen) atoms. The van der Waals surface area contributed by atoms with Crippen molar-refractivity contribution in [3.63, 3.8) is 0 Å². The van der Waals surface area contributed by atoms with Crippen LogP contribution in [0.25, 0.3) is 10.1 Å². The van der Waals surface area contributed by atoms with Gasteiger partial charge in [0, 0.05) is 33.4 Å². The Bertz CT molecular complexity index is 1430. The Morgan fingerprint density at radius 1 is 1.18 bits per heavy atom. The van der Waals surface area contributed by atoms with E-state index < -0.39 is 20.7 Å². The molecule has 0 spiro atoms. The first-order chi connectivity index (χ1) is 15.7. The molecular weight excluding hydrogens is 484 g/mol. The minimum absolute atomic E-state index is 0.0395. The number of hydrogen-bond acceptors (Lipinski definition) is 8. The van der Waals surface area contributed by atoms with Crippen molar-refractivity contribution in [2.45, 2.75) is 16.2 Å². The molecule has 170 valence electrons. The summed E-state index contributed by atoms with van der Waals surface area (Å²) in [7, 11) is -4.16. The van der Waals surface area contributed by atoms with Crippen LogP contribution in [0.4, 0.5) is 5.82 Å². The summed E-state index contributed by atoms with van der Waals surface area (Å²) in [6, 6.07) is 14.9. The monoisotopic (exact) mass is 502 g/mol. The molecule has 4 rings (SSSR count). The number of anilines is 1. The molecule has 11 heteroatoms. The Labute approximate surface area is 199 Å². The van der Waals surface area contributed by atoms with E-state index in [-0.39, 0.29) is 29.4 Å². The summed E-state index contributed by atoms with van der Waals surface area (Å²) < 4.78 is 28.4. The number of thiophene rings is 1. The highest BCUT2D eigenvalue weighted by Gasteiger charge is 2.45. The lowest BCUT2D eigenvalue weighted by atomic mass is 10.1. The van der Waals surface area contributed by atoms with E-state index in [1.807, 2.05) is 18.2 Å². The maximum Gasteiger partial charge on any atom is 0.322 e. The number of sulfone groups is 1. The number of rotatable bonds is 8. The van der Waals surface area contributed by atoms with Crippen molar-refractivity contribution in [2.75, 3.05) is 11.9 Å². The van der Waals surface area contributed by atoms with Gasteiger partial charge in [0.15, 0.2) is 4.87 Å². The highest BCUT2D eigenvalue weighted by Crippen LogP contribution is 2.37. The molecule has 8 nitrogen and oxygen atoms in total. The van der Waals surface area contributed by atoms with E-state index in [9.17, 15) is 13.2 Å². The van der Waals surface area contributed by atoms with E-state index in [1.54, 1.807) is 18.2 Å². The molecule has 0 amide bonds. The van der Waals surface area contributed by atoms with Crippen LogP contribution in [0.3, 0.4) is 0 Å². The lowest BCUT2D eigenvalue weighted by Crippen LogP contribution is -2.47. The molecule has 0 bridgehead atoms. The number of carbonyl (C=O) groups is 1. The number of aromatic nitrogens is 2. The molecule has 0 saturated carbocycles. The molecule has 1 atom stereocenters. The first-order valence-electron chi connectivity index (χ1n) is 9.74. The van der Waals surface area contributed by atoms with Crippen molar-refractivity contribution < 1.29 is 18.3 Å². The standard InChI is InChI=1S/C22H19ClN4O4S2/c23-15-7-6-14-9-16(32-18(14)10-15)11-22(24,33(30,31)17-3-2-8-25-12-17)19-4-1-5-20(27-19)26-13-21(28)29/h1-10,12H,11,13,24H2,(H,26,27)(H,28,29). The number of hydrogen-bond donors (Lipinski definition) is 3. The summed E-state index contributed by atoms with van der Waals surface area (Å²) in [6.07, 6.45) is 2.66. The Morgan fingerprint density at radius 3 is 2.73 bits per heavy atom. The molecule has 1 unspecified atom stereocenters. The van der Waals surface area contributed by atoms with Crippen molar-refractivity contribution >= 4 is 54.6 Å². The smallest absolute Gasteiger partial charge is 0.322 e. The largest absolute Gasteiger partial charge is 0.480 e. The van der Waals surface area contributed by atoms with Crippen molar-refractivity contribution in [1.82, 2.24) is 9.97 Å². The third-order valence-electron chi connectivity index (χ3n) is 5.00. The van der Waals surface area contributed by atoms with Crippen LogP contribution in [0, 0.1) is 0 Å². The summed E-state index contributed by atoms with van der Waals surface area (Å²) in [6.45, 7) is -0.375. The quantitative estimate of drug-likeness (QED) is 0.332. The molecule has 3 heterocycles. The molecule has 4 N–H and O–H groups in total. The van der Waals surface area contributed by atoms with E-state index in [0.29, 0.717) is 5.02 Å². The predicted molar refractivity (Wildman–Crippen MR) is 128 cm³/mol. The number of aliphatic carboxylic acids is 1. The zero-order valence-corrected chi connectivity index (χ0v) is 19.5. The van der Waals surface area contributed by atoms with Crippen LogP contribution >= 0.6 is 22.9 Å². The van der Waals surface area contributed by atoms with Gasteiger partial charge in [-0.25, -0.2) is 13.4 Å². The maximum atomic E-state index is 13.8. The zero-order chi connectivity index (χ0) is 23.6. The van der Waals surface area contributed by atoms with Gasteiger partial charge in [0.25, 0.3) is 0 Å². The van der Waals surface area contributed by atoms with Crippen LogP contribution in [0.2, 0.25) is 5.02 Å². The van der Waals surface area contributed by atoms with Gasteiger partial charge in [0.1, 0.15) is 12.4 Å². The fraction of sp³-hybridized carbons (Fsp3) is 0.136. The van der Waals surface area contributed by atoms with Gasteiger partial charge in [-0.3, -0.25) is 9.78 Å². The van der Waals surface area contributed by atoms with E-state index >= 15 is 0 Å². The molecule has 3 aromatic heterocycles. The van der Waals surface area contributed by atoms with Gasteiger partial charge in [-0.15, -0.1) is 11.3 Å². The number of halogens is 1. The molecule has 0 aliphatic carbocycles. The number of carboxylic acid groups (broad SMARTS) is 1. The van der Waals surface area contributed by atoms with E-state index in [2.05, 4.69) is 15.3 Å². The second kappa shape index (κ2) is 9.06. The Kier molecular flexibility index (Phi) is 6.35. The van der Waals surface area contributed by atoms with Gasteiger partial charge < -0.3 is 16.2 Å². The fourth-order valence-corrected chi connectivity index (χ4v) is 6.52. The number of nitrogens with two attached hydrogens (primary N) is 1. The third-order valence-corrected chi connectivity index (χ3v) is 8.51. The lowest BCUT2D eigenvalue weighted by Gasteiger charge is -2.28. The Balaban J connectivity index is 1.83. The fourth-order valence-electron chi connectivity index (χ4n) is 3.38. The number of nitrogens with zero attached hydrogens (tertiary/aromatic N) is 2. The normalized spacial score (nSPS) is 13.5. The molecule has 0 fully saturated rings. The van der Waals surface area contributed by atoms with Gasteiger partial charge >= 0.3 is 5.97 Å². The summed E-state index contributed by atoms with van der Waals surface area (Å²) in [4.78, 5) is 18.0. The average Bonchev–Trinajstić information content (AvgIpc) is 3.19. The molecular formula is C22H19ClN4O4S2. The van der Waals surface area contributed by atoms with Crippen molar-refractivity contribution in [2.24, 2.45) is 5.73 Å². The van der Waals surface area contributed by atoms with E-state index in [4.69, 9.17) is 22.4 Å². The topological polar surface area (TPSA) is 135 Å². The van der Waals surface area contributed by atoms with Crippen molar-refractivity contribution in [3.05, 3.63) is 82.6 Å². The number of nitrogens with one attached hydrogen (secondary N) is 1. The summed E-state index contributed by atoms with van der Waals surface area (Å²) >= 11 is 7.50. The minimum Gasteiger partial charge on any atom is -0.480 e. The summed E-state index contributed by atoms with van der Waals surface area (Å²) in [5.74, 6) is -0.873. The van der Waals surface area contributed by atoms with Crippen LogP contribution in [0.5, 0.6) is 0 Å². The van der Waals surface area contributed by atoms with Gasteiger partial charge in [-0.05, 0) is 47.9 Å². The number of carboxylic acids is 1. The first-order valence-corrected chi connectivity index (χ1v) is 12.4. The van der Waals surface area contributed by atoms with Gasteiger partial charge in [-0.2, -0.15) is 0 Å². The maximum absolute atomic E-state index is 13.8. The van der Waals surface area contributed by atoms with Crippen molar-refractivity contribution in [1.29, 1.82) is 0 Å². The predicted octanol–water partition coefficient (Wildman–Crippen LogP) is 3.67. The number of pyridine rings is 2. The third kappa shape index (κ3) is 4.69. The van der Waals surface area contributed by atoms with Crippen LogP contribution in [-0.2, 0) is 25.9 Å². The van der Waals surface area contributed by atoms with Crippen LogP contribution in [-0.4, -0.2) is 36.0 Å². The van der Waals surface area contributed by atoms with Crippen LogP contribution < -0.4 is 11.1 Å². The van der Waals surface area contributed by atoms with Gasteiger partial charge in [0.05, 0.1) is 10.6 Å². The minimum atomic E-state index is -4.16. The Morgan fingerprint density at radius 2 is 2.00 bits per heavy atom. The second-order valence-corrected chi connectivity index (χ2v) is 11.1. The second-order valence-electron chi connectivity index (χ2n) is 7.31. The molecule has 4 aromatic rings. The Hall–Kier alpha value is -3.05. The molecule has 0 radical (unpaired) electrons. The number of fused-ring (bicyclic) bond motifs is 1. The highest BCUT2D eigenvalue weighted by molar-refractivity contribution is 7.92. The molecule has 0 aliphatic rings. The van der Waals surface area contributed by atoms with Gasteiger partial charge in [-0.1, -0.05) is 23.7 Å². The molecule has 1 aromatic carbocycles. The van der Waals surface area contributed by atoms with Gasteiger partial charge in [0.2, 0.25) is 9.84 Å². The van der Waals surface area contributed by atoms with Crippen LogP contribution in [0.15, 0.2) is 71.9 Å². The highest BCUT2D eigenvalue weighted by atomic mass is 35.5. The number of benzene rings is 1. The zero-order valence-electron chi connectivity index (χ0n) is 17.1. The van der Waals surface area contributed by atoms with E-state index in [1.165, 1.54) is 41.9 Å². The van der Waals surface area contributed by atoms with E-state index in [0.717, 1.165) is 15.0 Å². The lowest BCUT2D eigenvalue weighted by molar-refractivity contribution is -0.134. The SMILES string of the molecule is NC(Cc1cc2ccc(Cl)cc2s1)(c1cccc(NCC(=O)O)n1)S(=O)(=O)c1cccnc1. The average molecular weight is 503 g/mol. The first kappa shape index (κ1) is 23.1. The molecule has 0 saturated heterocycles.